The van der Waals surface area contributed by atoms with Gasteiger partial charge in [0.05, 0.1) is 17.1 Å². The Morgan fingerprint density at radius 2 is 2.00 bits per heavy atom. The quantitative estimate of drug-likeness (QED) is 0.457. The molecule has 0 aliphatic heterocycles. The number of hydrogen-bond acceptors (Lipinski definition) is 5. The molecule has 0 aromatic heterocycles. The number of aryl methyl sites for hydroxylation is 1. The van der Waals surface area contributed by atoms with Crippen LogP contribution in [0.25, 0.3) is 0 Å². The summed E-state index contributed by atoms with van der Waals surface area (Å²) < 4.78 is 32.6. The van der Waals surface area contributed by atoms with E-state index in [4.69, 9.17) is 20.2 Å². The Balaban J connectivity index is 2.82. The molecule has 0 aliphatic carbocycles. The molecule has 106 valence electrons. The van der Waals surface area contributed by atoms with E-state index in [-0.39, 0.29) is 17.1 Å². The summed E-state index contributed by atoms with van der Waals surface area (Å²) in [6.07, 6.45) is 0. The van der Waals surface area contributed by atoms with Crippen LogP contribution in [0.1, 0.15) is 22.8 Å². The second-order valence-electron chi connectivity index (χ2n) is 3.75. The summed E-state index contributed by atoms with van der Waals surface area (Å²) in [5.74, 6) is -0.610. The number of halogens is 1. The zero-order valence-corrected chi connectivity index (χ0v) is 12.3. The van der Waals surface area contributed by atoms with Crippen LogP contribution >= 0.6 is 10.7 Å². The molecular weight excluding hydrogens is 292 g/mol. The van der Waals surface area contributed by atoms with Crippen molar-refractivity contribution in [3.63, 3.8) is 0 Å². The lowest BCUT2D eigenvalue weighted by atomic mass is 10.1. The lowest BCUT2D eigenvalue weighted by Gasteiger charge is -2.07. The summed E-state index contributed by atoms with van der Waals surface area (Å²) in [6, 6.07) is 4.21. The Morgan fingerprint density at radius 1 is 1.32 bits per heavy atom. The van der Waals surface area contributed by atoms with Gasteiger partial charge < -0.3 is 9.47 Å². The van der Waals surface area contributed by atoms with E-state index >= 15 is 0 Å². The molecule has 0 N–H and O–H groups in total. The number of carbonyl (C=O) groups is 1. The maximum atomic E-state index is 11.7. The molecule has 0 amide bonds. The van der Waals surface area contributed by atoms with E-state index in [2.05, 4.69) is 0 Å². The first kappa shape index (κ1) is 15.9. The zero-order chi connectivity index (χ0) is 14.5. The highest BCUT2D eigenvalue weighted by Gasteiger charge is 2.17. The predicted molar refractivity (Wildman–Crippen MR) is 71.0 cm³/mol. The lowest BCUT2D eigenvalue weighted by molar-refractivity contribution is 0.0335. The van der Waals surface area contributed by atoms with Crippen LogP contribution in [0, 0.1) is 6.92 Å². The highest BCUT2D eigenvalue weighted by molar-refractivity contribution is 8.13. The molecule has 0 radical (unpaired) electrons. The van der Waals surface area contributed by atoms with Gasteiger partial charge in [0.2, 0.25) is 0 Å². The number of rotatable bonds is 6. The maximum Gasteiger partial charge on any atom is 0.338 e. The summed E-state index contributed by atoms with van der Waals surface area (Å²) in [7, 11) is 1.41. The van der Waals surface area contributed by atoms with Crippen molar-refractivity contribution in [1.29, 1.82) is 0 Å². The predicted octanol–water partition coefficient (Wildman–Crippen LogP) is 2.12. The Labute approximate surface area is 116 Å². The molecule has 1 rings (SSSR count). The first-order valence-electron chi connectivity index (χ1n) is 5.66. The molecule has 0 heterocycles. The maximum absolute atomic E-state index is 11.7. The minimum Gasteiger partial charge on any atom is -0.460 e. The van der Waals surface area contributed by atoms with Crippen molar-refractivity contribution in [2.45, 2.75) is 18.7 Å². The van der Waals surface area contributed by atoms with E-state index in [1.807, 2.05) is 6.92 Å². The van der Waals surface area contributed by atoms with E-state index in [9.17, 15) is 13.2 Å². The molecule has 0 aliphatic rings. The molecule has 0 atom stereocenters. The van der Waals surface area contributed by atoms with Gasteiger partial charge in [-0.25, -0.2) is 13.2 Å². The third kappa shape index (κ3) is 4.81. The van der Waals surface area contributed by atoms with Gasteiger partial charge in [0, 0.05) is 17.3 Å². The Bertz CT molecular complexity index is 553. The fourth-order valence-electron chi connectivity index (χ4n) is 1.41. The first-order valence-corrected chi connectivity index (χ1v) is 7.97. The van der Waals surface area contributed by atoms with Gasteiger partial charge in [-0.2, -0.15) is 0 Å². The highest BCUT2D eigenvalue weighted by Crippen LogP contribution is 2.21. The van der Waals surface area contributed by atoms with Gasteiger partial charge in [-0.1, -0.05) is 6.07 Å². The molecule has 0 bridgehead atoms. The van der Waals surface area contributed by atoms with E-state index in [1.54, 1.807) is 6.92 Å². The molecule has 1 aromatic carbocycles. The van der Waals surface area contributed by atoms with Crippen LogP contribution < -0.4 is 0 Å². The number of hydrogen-bond donors (Lipinski definition) is 0. The van der Waals surface area contributed by atoms with Crippen LogP contribution in [0.15, 0.2) is 23.1 Å². The summed E-state index contributed by atoms with van der Waals surface area (Å²) in [6.45, 7) is 4.38. The zero-order valence-electron chi connectivity index (χ0n) is 10.7. The smallest absolute Gasteiger partial charge is 0.338 e. The summed E-state index contributed by atoms with van der Waals surface area (Å²) >= 11 is 0. The molecule has 19 heavy (non-hydrogen) atoms. The molecule has 5 nitrogen and oxygen atoms in total. The minimum absolute atomic E-state index is 0.0894. The van der Waals surface area contributed by atoms with Gasteiger partial charge in [0.1, 0.15) is 6.61 Å². The number of esters is 1. The van der Waals surface area contributed by atoms with Crippen LogP contribution in [0.2, 0.25) is 0 Å². The van der Waals surface area contributed by atoms with Gasteiger partial charge in [0.15, 0.2) is 0 Å². The van der Waals surface area contributed by atoms with E-state index in [1.165, 1.54) is 18.2 Å². The summed E-state index contributed by atoms with van der Waals surface area (Å²) in [4.78, 5) is 11.6. The number of benzene rings is 1. The van der Waals surface area contributed by atoms with Gasteiger partial charge in [0.25, 0.3) is 9.05 Å². The SMILES string of the molecule is CCOCCOC(=O)c1ccc(C)c(S(=O)(=O)Cl)c1. The largest absolute Gasteiger partial charge is 0.460 e. The van der Waals surface area contributed by atoms with Crippen molar-refractivity contribution in [3.05, 3.63) is 29.3 Å². The van der Waals surface area contributed by atoms with Crippen molar-refractivity contribution in [2.75, 3.05) is 19.8 Å². The second kappa shape index (κ2) is 6.88. The standard InChI is InChI=1S/C12H15ClO5S/c1-3-17-6-7-18-12(14)10-5-4-9(2)11(8-10)19(13,15)16/h4-5,8H,3,6-7H2,1-2H3. The molecular formula is C12H15ClO5S. The van der Waals surface area contributed by atoms with Crippen molar-refractivity contribution >= 4 is 25.7 Å². The monoisotopic (exact) mass is 306 g/mol. The first-order chi connectivity index (χ1) is 8.86. The Hall–Kier alpha value is -1.11. The van der Waals surface area contributed by atoms with Crippen molar-refractivity contribution in [3.8, 4) is 0 Å². The van der Waals surface area contributed by atoms with Crippen LogP contribution in [0.4, 0.5) is 0 Å². The van der Waals surface area contributed by atoms with Crippen LogP contribution in [-0.4, -0.2) is 34.2 Å². The second-order valence-corrected chi connectivity index (χ2v) is 6.29. The molecule has 0 saturated heterocycles. The molecule has 1 aromatic rings. The van der Waals surface area contributed by atoms with Crippen LogP contribution in [-0.2, 0) is 18.5 Å². The molecule has 0 fully saturated rings. The average Bonchev–Trinajstić information content (AvgIpc) is 2.33. The van der Waals surface area contributed by atoms with Crippen molar-refractivity contribution in [1.82, 2.24) is 0 Å². The molecule has 0 saturated carbocycles. The highest BCUT2D eigenvalue weighted by atomic mass is 35.7. The number of ether oxygens (including phenoxy) is 2. The summed E-state index contributed by atoms with van der Waals surface area (Å²) in [5, 5.41) is 0. The van der Waals surface area contributed by atoms with E-state index in [0.717, 1.165) is 0 Å². The van der Waals surface area contributed by atoms with Gasteiger partial charge in [-0.15, -0.1) is 0 Å². The third-order valence-electron chi connectivity index (χ3n) is 2.35. The topological polar surface area (TPSA) is 69.7 Å². The van der Waals surface area contributed by atoms with Crippen LogP contribution in [0.5, 0.6) is 0 Å². The fraction of sp³-hybridized carbons (Fsp3) is 0.417. The van der Waals surface area contributed by atoms with Gasteiger partial charge in [-0.05, 0) is 31.5 Å². The third-order valence-corrected chi connectivity index (χ3v) is 3.82. The van der Waals surface area contributed by atoms with E-state index in [0.29, 0.717) is 18.8 Å². The normalized spacial score (nSPS) is 11.3. The lowest BCUT2D eigenvalue weighted by Crippen LogP contribution is -2.11. The van der Waals surface area contributed by atoms with Gasteiger partial charge in [-0.3, -0.25) is 0 Å². The minimum atomic E-state index is -3.88. The average molecular weight is 307 g/mol. The Morgan fingerprint density at radius 3 is 2.58 bits per heavy atom. The molecule has 0 unspecified atom stereocenters. The van der Waals surface area contributed by atoms with Crippen molar-refractivity contribution < 1.29 is 22.7 Å². The summed E-state index contributed by atoms with van der Waals surface area (Å²) in [5.41, 5.74) is 0.613. The Kier molecular flexibility index (Phi) is 5.78. The van der Waals surface area contributed by atoms with E-state index < -0.39 is 15.0 Å². The van der Waals surface area contributed by atoms with Crippen LogP contribution in [0.3, 0.4) is 0 Å². The van der Waals surface area contributed by atoms with Gasteiger partial charge >= 0.3 is 5.97 Å². The fourth-order valence-corrected chi connectivity index (χ4v) is 2.63. The molecule has 7 heteroatoms. The van der Waals surface area contributed by atoms with Crippen molar-refractivity contribution in [2.24, 2.45) is 0 Å². The number of carbonyl (C=O) groups excluding carboxylic acids is 1. The molecule has 0 spiro atoms.